The number of anilines is 1. The van der Waals surface area contributed by atoms with Gasteiger partial charge in [-0.05, 0) is 84.3 Å². The number of imide groups is 1. The Labute approximate surface area is 386 Å². The Morgan fingerprint density at radius 2 is 1.51 bits per heavy atom. The Morgan fingerprint density at radius 3 is 2.16 bits per heavy atom. The summed E-state index contributed by atoms with van der Waals surface area (Å²) in [5, 5.41) is 33.0. The fraction of sp³-hybridized carbons (Fsp3) is 0.308. The number of nitrogens with zero attached hydrogens (tertiary/aromatic N) is 3. The van der Waals surface area contributed by atoms with Crippen LogP contribution in [0.3, 0.4) is 0 Å². The molecular weight excluding hydrogens is 857 g/mol. The number of amides is 3. The van der Waals surface area contributed by atoms with Gasteiger partial charge in [0.15, 0.2) is 0 Å². The van der Waals surface area contributed by atoms with Gasteiger partial charge >= 0.3 is 12.1 Å². The third kappa shape index (κ3) is 8.07. The lowest BCUT2D eigenvalue weighted by Crippen LogP contribution is -2.55. The molecule has 0 bridgehead atoms. The van der Waals surface area contributed by atoms with Gasteiger partial charge in [0.2, 0.25) is 11.8 Å². The van der Waals surface area contributed by atoms with Gasteiger partial charge in [0, 0.05) is 23.3 Å². The van der Waals surface area contributed by atoms with Crippen molar-refractivity contribution >= 4 is 35.3 Å². The molecular formula is C52H48N4O11. The van der Waals surface area contributed by atoms with E-state index in [1.165, 1.54) is 30.3 Å². The van der Waals surface area contributed by atoms with Gasteiger partial charge in [-0.25, -0.2) is 9.69 Å². The van der Waals surface area contributed by atoms with Gasteiger partial charge in [-0.1, -0.05) is 104 Å². The number of ether oxygens (including phenoxy) is 3. The normalized spacial score (nSPS) is 24.1. The van der Waals surface area contributed by atoms with Crippen LogP contribution in [0.15, 0.2) is 127 Å². The molecule has 3 amide bonds. The highest BCUT2D eigenvalue weighted by Gasteiger charge is 2.76. The molecule has 5 aromatic rings. The zero-order valence-corrected chi connectivity index (χ0v) is 36.4. The predicted molar refractivity (Wildman–Crippen MR) is 243 cm³/mol. The molecule has 4 aliphatic rings. The monoisotopic (exact) mass is 904 g/mol. The zero-order chi connectivity index (χ0) is 46.9. The zero-order valence-electron chi connectivity index (χ0n) is 36.4. The highest BCUT2D eigenvalue weighted by Crippen LogP contribution is 2.66. The maximum absolute atomic E-state index is 16.2. The highest BCUT2D eigenvalue weighted by molar-refractivity contribution is 6.23. The molecule has 3 fully saturated rings. The number of morpholine rings is 1. The molecule has 1 aliphatic carbocycles. The number of aliphatic hydroxyl groups is 2. The molecule has 6 atom stereocenters. The van der Waals surface area contributed by atoms with Crippen LogP contribution in [0.25, 0.3) is 0 Å². The first-order valence-corrected chi connectivity index (χ1v) is 22.3. The molecule has 5 aromatic carbocycles. The minimum absolute atomic E-state index is 0.0338. The van der Waals surface area contributed by atoms with Gasteiger partial charge < -0.3 is 30.2 Å². The number of esters is 1. The van der Waals surface area contributed by atoms with Gasteiger partial charge in [0.05, 0.1) is 35.2 Å². The van der Waals surface area contributed by atoms with Crippen LogP contribution in [-0.4, -0.2) is 68.8 Å². The number of nitrogens with two attached hydrogens (primary N) is 1. The van der Waals surface area contributed by atoms with Crippen LogP contribution in [0.5, 0.6) is 5.75 Å². The van der Waals surface area contributed by atoms with Crippen LogP contribution in [0.2, 0.25) is 0 Å². The third-order valence-electron chi connectivity index (χ3n) is 13.4. The van der Waals surface area contributed by atoms with E-state index in [9.17, 15) is 29.9 Å². The molecule has 2 saturated heterocycles. The van der Waals surface area contributed by atoms with Crippen molar-refractivity contribution in [3.63, 3.8) is 0 Å². The van der Waals surface area contributed by atoms with Crippen molar-refractivity contribution < 1.29 is 48.5 Å². The summed E-state index contributed by atoms with van der Waals surface area (Å²) in [6, 6.07) is 31.6. The van der Waals surface area contributed by atoms with Gasteiger partial charge in [-0.3, -0.25) is 29.4 Å². The third-order valence-corrected chi connectivity index (χ3v) is 13.4. The molecule has 0 radical (unpaired) electrons. The van der Waals surface area contributed by atoms with E-state index in [1.54, 1.807) is 41.3 Å². The van der Waals surface area contributed by atoms with Crippen LogP contribution < -0.4 is 15.4 Å². The number of nitro groups is 1. The molecule has 0 aromatic heterocycles. The molecule has 1 saturated carbocycles. The topological polar surface area (TPSA) is 212 Å². The number of carbonyl (C=O) groups is 4. The second-order valence-corrected chi connectivity index (χ2v) is 17.3. The molecule has 342 valence electrons. The molecule has 67 heavy (non-hydrogen) atoms. The van der Waals surface area contributed by atoms with Gasteiger partial charge in [-0.2, -0.15) is 0 Å². The van der Waals surface area contributed by atoms with Gasteiger partial charge in [0.1, 0.15) is 42.1 Å². The molecule has 3 heterocycles. The number of hydrogen-bond donors (Lipinski definition) is 3. The Hall–Kier alpha value is -7.38. The first-order valence-electron chi connectivity index (χ1n) is 22.3. The minimum atomic E-state index is -2.20. The molecule has 1 spiro atoms. The summed E-state index contributed by atoms with van der Waals surface area (Å²) >= 11 is 0. The van der Waals surface area contributed by atoms with Crippen LogP contribution in [-0.2, 0) is 35.9 Å². The molecule has 15 nitrogen and oxygen atoms in total. The van der Waals surface area contributed by atoms with E-state index in [2.05, 4.69) is 11.8 Å². The lowest BCUT2D eigenvalue weighted by Gasteiger charge is -2.46. The van der Waals surface area contributed by atoms with Crippen LogP contribution in [0, 0.1) is 27.9 Å². The summed E-state index contributed by atoms with van der Waals surface area (Å²) in [5.74, 6) is 1.97. The fourth-order valence-electron chi connectivity index (χ4n) is 10.5. The van der Waals surface area contributed by atoms with Crippen molar-refractivity contribution in [2.45, 2.75) is 80.4 Å². The van der Waals surface area contributed by atoms with Crippen LogP contribution in [0.1, 0.15) is 90.1 Å². The average Bonchev–Trinajstić information content (AvgIpc) is 3.68. The van der Waals surface area contributed by atoms with E-state index in [4.69, 9.17) is 19.9 Å². The highest BCUT2D eigenvalue weighted by atomic mass is 16.6. The van der Waals surface area contributed by atoms with E-state index in [0.717, 1.165) is 30.6 Å². The molecule has 4 N–H and O–H groups in total. The number of non-ortho nitro benzene ring substituents is 1. The Balaban J connectivity index is 1.30. The van der Waals surface area contributed by atoms with E-state index in [-0.39, 0.29) is 42.5 Å². The number of cyclic esters (lactones) is 1. The average molecular weight is 905 g/mol. The Morgan fingerprint density at radius 1 is 0.851 bits per heavy atom. The first-order chi connectivity index (χ1) is 32.5. The van der Waals surface area contributed by atoms with E-state index in [0.29, 0.717) is 40.7 Å². The van der Waals surface area contributed by atoms with Crippen LogP contribution in [0.4, 0.5) is 16.2 Å². The first kappa shape index (κ1) is 44.8. The number of aliphatic hydroxyl groups excluding tert-OH is 1. The number of benzene rings is 5. The Bertz CT molecular complexity index is 2770. The van der Waals surface area contributed by atoms with E-state index < -0.39 is 70.0 Å². The summed E-state index contributed by atoms with van der Waals surface area (Å²) in [6.45, 7) is -0.897. The number of hydrogen-bond acceptors (Lipinski definition) is 12. The number of fused-ring (bicyclic) bond motifs is 3. The second kappa shape index (κ2) is 18.5. The molecule has 15 heteroatoms. The smallest absolute Gasteiger partial charge is 0.421 e. The number of carbonyl (C=O) groups excluding carboxylic acids is 4. The van der Waals surface area contributed by atoms with Crippen molar-refractivity contribution in [3.05, 3.63) is 171 Å². The van der Waals surface area contributed by atoms with Crippen molar-refractivity contribution in [2.24, 2.45) is 11.7 Å². The van der Waals surface area contributed by atoms with Crippen LogP contribution >= 0.6 is 0 Å². The summed E-state index contributed by atoms with van der Waals surface area (Å²) in [6.07, 6.45) is 2.36. The van der Waals surface area contributed by atoms with E-state index >= 15 is 9.59 Å². The standard InChI is InChI=1S/C52H48N4O11/c53-47(58)42-44-48(59)67-45(36-15-7-4-8-16-36)43(35-13-5-3-6-14-35)55(44)46(38-17-9-10-18-41(38)65-30-29-57)52(42)39-31-33(25-28-51(62)26-11-1-2-12-27-51)21-24-40(39)54(49(52)60)50(61)66-32-34-19-22-37(23-20-34)56(63)64/h3-10,13-24,31,42-46,57,62H,1-2,11-12,26-27,29-30,32H2,(H2,53,58)/t42-,43-,44-,45+,46+,52-/m0/s1. The van der Waals surface area contributed by atoms with Crippen molar-refractivity contribution in [1.82, 2.24) is 4.90 Å². The maximum atomic E-state index is 16.2. The summed E-state index contributed by atoms with van der Waals surface area (Å²) < 4.78 is 18.4. The summed E-state index contributed by atoms with van der Waals surface area (Å²) in [4.78, 5) is 74.0. The quantitative estimate of drug-likeness (QED) is 0.0430. The summed E-state index contributed by atoms with van der Waals surface area (Å²) in [7, 11) is 0. The maximum Gasteiger partial charge on any atom is 0.421 e. The number of para-hydroxylation sites is 1. The summed E-state index contributed by atoms with van der Waals surface area (Å²) in [5.41, 5.74) is 5.44. The van der Waals surface area contributed by atoms with Crippen molar-refractivity contribution in [3.8, 4) is 17.6 Å². The lowest BCUT2D eigenvalue weighted by molar-refractivity contribution is -0.384. The minimum Gasteiger partial charge on any atom is -0.491 e. The Kier molecular flexibility index (Phi) is 12.4. The molecule has 3 aliphatic heterocycles. The number of rotatable bonds is 10. The molecule has 0 unspecified atom stereocenters. The second-order valence-electron chi connectivity index (χ2n) is 17.3. The van der Waals surface area contributed by atoms with Crippen molar-refractivity contribution in [2.75, 3.05) is 18.1 Å². The number of primary amides is 1. The van der Waals surface area contributed by atoms with Crippen molar-refractivity contribution in [1.29, 1.82) is 0 Å². The number of nitro benzene ring substituents is 1. The van der Waals surface area contributed by atoms with Gasteiger partial charge in [0.25, 0.3) is 5.69 Å². The fourth-order valence-corrected chi connectivity index (χ4v) is 10.5. The SMILES string of the molecule is NC(=O)[C@@H]1[C@H]2C(=O)O[C@H](c3ccccc3)[C@H](c3ccccc3)N2[C@H](c2ccccc2OCCO)[C@@]12C(=O)N(C(=O)OCc1ccc([N+](=O)[O-])cc1)c1ccc(C#CC3(O)CCCCCC3)cc12. The van der Waals surface area contributed by atoms with E-state index in [1.807, 2.05) is 60.7 Å². The van der Waals surface area contributed by atoms with Gasteiger partial charge in [-0.15, -0.1) is 0 Å². The largest absolute Gasteiger partial charge is 0.491 e. The lowest BCUT2D eigenvalue weighted by atomic mass is 9.65. The molecule has 9 rings (SSSR count). The predicted octanol–water partition coefficient (Wildman–Crippen LogP) is 6.89.